The zero-order valence-corrected chi connectivity index (χ0v) is 14.9. The molecule has 0 spiro atoms. The van der Waals surface area contributed by atoms with Gasteiger partial charge in [-0.15, -0.1) is 0 Å². The van der Waals surface area contributed by atoms with Crippen molar-refractivity contribution < 1.29 is 0 Å². The van der Waals surface area contributed by atoms with Gasteiger partial charge in [0.2, 0.25) is 0 Å². The Morgan fingerprint density at radius 3 is 1.96 bits per heavy atom. The number of hydrogen-bond donors (Lipinski definition) is 1. The van der Waals surface area contributed by atoms with Crippen molar-refractivity contribution >= 4 is 16.6 Å². The number of pyridine rings is 1. The summed E-state index contributed by atoms with van der Waals surface area (Å²) in [5.74, 6) is 0. The Kier molecular flexibility index (Phi) is 4.40. The first-order valence-corrected chi connectivity index (χ1v) is 8.96. The quantitative estimate of drug-likeness (QED) is 0.508. The minimum atomic E-state index is -0.132. The molecule has 0 bridgehead atoms. The highest BCUT2D eigenvalue weighted by Crippen LogP contribution is 2.33. The number of nitrogens with one attached hydrogen (secondary N) is 1. The van der Waals surface area contributed by atoms with Crippen molar-refractivity contribution in [2.24, 2.45) is 0 Å². The van der Waals surface area contributed by atoms with E-state index in [1.54, 1.807) is 0 Å². The number of benzene rings is 3. The van der Waals surface area contributed by atoms with Gasteiger partial charge in [-0.3, -0.25) is 4.98 Å². The van der Waals surface area contributed by atoms with Crippen LogP contribution in [0.2, 0.25) is 0 Å². The zero-order valence-electron chi connectivity index (χ0n) is 14.9. The molecule has 2 nitrogen and oxygen atoms in total. The molecule has 128 valence electrons. The fraction of sp³-hybridized carbons (Fsp3) is 0.125. The molecule has 0 saturated carbocycles. The summed E-state index contributed by atoms with van der Waals surface area (Å²) in [5.41, 5.74) is 4.61. The lowest BCUT2D eigenvalue weighted by atomic mass is 9.76. The van der Waals surface area contributed by atoms with E-state index in [9.17, 15) is 0 Å². The lowest BCUT2D eigenvalue weighted by Gasteiger charge is -2.32. The summed E-state index contributed by atoms with van der Waals surface area (Å²) in [4.78, 5) is 4.46. The predicted octanol–water partition coefficient (Wildman–Crippen LogP) is 5.65. The average molecular weight is 338 g/mol. The van der Waals surface area contributed by atoms with Crippen molar-refractivity contribution in [3.05, 3.63) is 108 Å². The average Bonchev–Trinajstić information content (AvgIpc) is 2.73. The Bertz CT molecular complexity index is 949. The Labute approximate surface area is 154 Å². The topological polar surface area (TPSA) is 24.9 Å². The van der Waals surface area contributed by atoms with Gasteiger partial charge < -0.3 is 5.32 Å². The molecule has 0 aliphatic heterocycles. The maximum atomic E-state index is 4.46. The van der Waals surface area contributed by atoms with Crippen LogP contribution in [-0.4, -0.2) is 11.5 Å². The Morgan fingerprint density at radius 2 is 1.31 bits per heavy atom. The minimum absolute atomic E-state index is 0.132. The number of rotatable bonds is 5. The van der Waals surface area contributed by atoms with Crippen LogP contribution in [0.25, 0.3) is 10.9 Å². The molecule has 1 heterocycles. The third kappa shape index (κ3) is 3.06. The van der Waals surface area contributed by atoms with Crippen LogP contribution in [0.1, 0.15) is 18.1 Å². The number of aromatic nitrogens is 1. The second-order valence-corrected chi connectivity index (χ2v) is 6.79. The van der Waals surface area contributed by atoms with Crippen LogP contribution in [0.15, 0.2) is 97.2 Å². The highest BCUT2D eigenvalue weighted by molar-refractivity contribution is 5.90. The first kappa shape index (κ1) is 16.3. The fourth-order valence-electron chi connectivity index (χ4n) is 3.50. The molecule has 1 N–H and O–H groups in total. The Balaban J connectivity index is 1.72. The third-order valence-corrected chi connectivity index (χ3v) is 5.10. The SMILES string of the molecule is CC(CNc1ccnc2ccccc12)(c1ccccc1)c1ccccc1. The molecule has 26 heavy (non-hydrogen) atoms. The van der Waals surface area contributed by atoms with E-state index < -0.39 is 0 Å². The third-order valence-electron chi connectivity index (χ3n) is 5.10. The molecule has 4 rings (SSSR count). The summed E-state index contributed by atoms with van der Waals surface area (Å²) in [6.45, 7) is 3.10. The zero-order chi connectivity index (χ0) is 17.8. The molecular weight excluding hydrogens is 316 g/mol. The van der Waals surface area contributed by atoms with E-state index >= 15 is 0 Å². The monoisotopic (exact) mass is 338 g/mol. The summed E-state index contributed by atoms with van der Waals surface area (Å²) < 4.78 is 0. The van der Waals surface area contributed by atoms with Gasteiger partial charge in [0.15, 0.2) is 0 Å². The smallest absolute Gasteiger partial charge is 0.0722 e. The lowest BCUT2D eigenvalue weighted by Crippen LogP contribution is -2.32. The van der Waals surface area contributed by atoms with E-state index in [4.69, 9.17) is 0 Å². The van der Waals surface area contributed by atoms with Crippen LogP contribution in [-0.2, 0) is 5.41 Å². The van der Waals surface area contributed by atoms with Crippen LogP contribution in [0.3, 0.4) is 0 Å². The van der Waals surface area contributed by atoms with Crippen LogP contribution < -0.4 is 5.32 Å². The van der Waals surface area contributed by atoms with E-state index in [0.29, 0.717) is 0 Å². The van der Waals surface area contributed by atoms with Crippen molar-refractivity contribution in [1.82, 2.24) is 4.98 Å². The summed E-state index contributed by atoms with van der Waals surface area (Å²) in [6, 6.07) is 31.7. The van der Waals surface area contributed by atoms with Gasteiger partial charge in [0.1, 0.15) is 0 Å². The van der Waals surface area contributed by atoms with Gasteiger partial charge in [0, 0.05) is 29.2 Å². The van der Waals surface area contributed by atoms with Gasteiger partial charge in [-0.25, -0.2) is 0 Å². The van der Waals surface area contributed by atoms with Crippen molar-refractivity contribution in [3.63, 3.8) is 0 Å². The normalized spacial score (nSPS) is 11.4. The second-order valence-electron chi connectivity index (χ2n) is 6.79. The maximum Gasteiger partial charge on any atom is 0.0722 e. The van der Waals surface area contributed by atoms with Crippen molar-refractivity contribution in [2.45, 2.75) is 12.3 Å². The molecular formula is C24H22N2. The van der Waals surface area contributed by atoms with Crippen molar-refractivity contribution in [3.8, 4) is 0 Å². The van der Waals surface area contributed by atoms with Gasteiger partial charge in [-0.05, 0) is 30.2 Å². The van der Waals surface area contributed by atoms with E-state index in [2.05, 4.69) is 96.1 Å². The molecule has 1 aromatic heterocycles. The van der Waals surface area contributed by atoms with Crippen molar-refractivity contribution in [2.75, 3.05) is 11.9 Å². The van der Waals surface area contributed by atoms with Crippen LogP contribution in [0.4, 0.5) is 5.69 Å². The van der Waals surface area contributed by atoms with Crippen LogP contribution in [0.5, 0.6) is 0 Å². The van der Waals surface area contributed by atoms with Crippen LogP contribution >= 0.6 is 0 Å². The first-order valence-electron chi connectivity index (χ1n) is 8.96. The van der Waals surface area contributed by atoms with Gasteiger partial charge >= 0.3 is 0 Å². The van der Waals surface area contributed by atoms with E-state index in [-0.39, 0.29) is 5.41 Å². The molecule has 0 amide bonds. The highest BCUT2D eigenvalue weighted by Gasteiger charge is 2.28. The Morgan fingerprint density at radius 1 is 0.731 bits per heavy atom. The summed E-state index contributed by atoms with van der Waals surface area (Å²) in [7, 11) is 0. The highest BCUT2D eigenvalue weighted by atomic mass is 14.9. The Hall–Kier alpha value is -3.13. The molecule has 0 saturated heterocycles. The van der Waals surface area contributed by atoms with Gasteiger partial charge in [-0.1, -0.05) is 78.9 Å². The molecule has 3 aromatic carbocycles. The number of anilines is 1. The van der Waals surface area contributed by atoms with Crippen LogP contribution in [0, 0.1) is 0 Å². The van der Waals surface area contributed by atoms with E-state index in [1.165, 1.54) is 11.1 Å². The number of para-hydroxylation sites is 1. The number of nitrogens with zero attached hydrogens (tertiary/aromatic N) is 1. The predicted molar refractivity (Wildman–Crippen MR) is 110 cm³/mol. The van der Waals surface area contributed by atoms with Gasteiger partial charge in [0.05, 0.1) is 5.52 Å². The number of fused-ring (bicyclic) bond motifs is 1. The molecule has 0 aliphatic rings. The first-order chi connectivity index (χ1) is 12.8. The summed E-state index contributed by atoms with van der Waals surface area (Å²) in [6.07, 6.45) is 1.87. The molecule has 0 atom stereocenters. The summed E-state index contributed by atoms with van der Waals surface area (Å²) >= 11 is 0. The van der Waals surface area contributed by atoms with Crippen molar-refractivity contribution in [1.29, 1.82) is 0 Å². The van der Waals surface area contributed by atoms with E-state index in [0.717, 1.165) is 23.1 Å². The largest absolute Gasteiger partial charge is 0.383 e. The fourth-order valence-corrected chi connectivity index (χ4v) is 3.50. The summed E-state index contributed by atoms with van der Waals surface area (Å²) in [5, 5.41) is 4.84. The molecule has 0 radical (unpaired) electrons. The standard InChI is InChI=1S/C24H22N2/c1-24(19-10-4-2-5-11-19,20-12-6-3-7-13-20)18-26-23-16-17-25-22-15-9-8-14-21(22)23/h2-17H,18H2,1H3,(H,25,26). The second kappa shape index (κ2) is 7.01. The van der Waals surface area contributed by atoms with E-state index in [1.807, 2.05) is 18.3 Å². The molecule has 0 aliphatic carbocycles. The number of hydrogen-bond acceptors (Lipinski definition) is 2. The molecule has 2 heteroatoms. The molecule has 4 aromatic rings. The van der Waals surface area contributed by atoms with Gasteiger partial charge in [-0.2, -0.15) is 0 Å². The molecule has 0 unspecified atom stereocenters. The lowest BCUT2D eigenvalue weighted by molar-refractivity contribution is 0.604. The maximum absolute atomic E-state index is 4.46. The minimum Gasteiger partial charge on any atom is -0.383 e. The van der Waals surface area contributed by atoms with Gasteiger partial charge in [0.25, 0.3) is 0 Å². The molecule has 0 fully saturated rings.